The third-order valence-electron chi connectivity index (χ3n) is 3.90. The molecule has 134 valence electrons. The first kappa shape index (κ1) is 18.5. The number of benzene rings is 2. The Morgan fingerprint density at radius 1 is 1.19 bits per heavy atom. The van der Waals surface area contributed by atoms with Gasteiger partial charge >= 0.3 is 0 Å². The number of hydrogen-bond acceptors (Lipinski definition) is 3. The Balaban J connectivity index is 2.01. The zero-order valence-electron chi connectivity index (χ0n) is 13.9. The van der Waals surface area contributed by atoms with Crippen molar-refractivity contribution in [2.24, 2.45) is 0 Å². The van der Waals surface area contributed by atoms with Gasteiger partial charge < -0.3 is 15.0 Å². The summed E-state index contributed by atoms with van der Waals surface area (Å²) in [6, 6.07) is 11.4. The van der Waals surface area contributed by atoms with E-state index in [1.54, 1.807) is 49.5 Å². The fourth-order valence-electron chi connectivity index (χ4n) is 2.72. The van der Waals surface area contributed by atoms with Crippen LogP contribution in [0.5, 0.6) is 0 Å². The molecule has 0 radical (unpaired) electrons. The Morgan fingerprint density at radius 3 is 2.69 bits per heavy atom. The van der Waals surface area contributed by atoms with E-state index in [2.05, 4.69) is 5.32 Å². The number of hydrogen-bond donors (Lipinski definition) is 2. The highest BCUT2D eigenvalue weighted by molar-refractivity contribution is 6.36. The van der Waals surface area contributed by atoms with Crippen LogP contribution in [0.15, 0.2) is 53.5 Å². The molecule has 7 heteroatoms. The van der Waals surface area contributed by atoms with E-state index in [0.717, 1.165) is 0 Å². The van der Waals surface area contributed by atoms with Gasteiger partial charge in [0.15, 0.2) is 0 Å². The number of fused-ring (bicyclic) bond motifs is 1. The SMILES string of the molecule is CC(O)Cn1ccc2c(NC(=O)c3cc(Cl)ccc3Cl)cccc2c1=O. The monoisotopic (exact) mass is 390 g/mol. The standard InChI is InChI=1S/C19H16Cl2N2O3/c1-11(24)10-23-8-7-13-14(19(23)26)3-2-4-17(13)22-18(25)15-9-12(20)5-6-16(15)21/h2-9,11,24H,10H2,1H3,(H,22,25). The zero-order chi connectivity index (χ0) is 18.8. The molecule has 3 rings (SSSR count). The third-order valence-corrected chi connectivity index (χ3v) is 4.47. The molecule has 1 unspecified atom stereocenters. The highest BCUT2D eigenvalue weighted by atomic mass is 35.5. The normalized spacial score (nSPS) is 12.2. The quantitative estimate of drug-likeness (QED) is 0.708. The highest BCUT2D eigenvalue weighted by Gasteiger charge is 2.14. The first-order valence-corrected chi connectivity index (χ1v) is 8.69. The molecule has 1 atom stereocenters. The van der Waals surface area contributed by atoms with Gasteiger partial charge in [0.05, 0.1) is 23.2 Å². The summed E-state index contributed by atoms with van der Waals surface area (Å²) in [6.07, 6.45) is 0.956. The van der Waals surface area contributed by atoms with E-state index < -0.39 is 12.0 Å². The molecule has 1 amide bonds. The van der Waals surface area contributed by atoms with Crippen molar-refractivity contribution in [1.82, 2.24) is 4.57 Å². The summed E-state index contributed by atoms with van der Waals surface area (Å²) < 4.78 is 1.44. The lowest BCUT2D eigenvalue weighted by atomic mass is 10.1. The van der Waals surface area contributed by atoms with Gasteiger partial charge in [-0.2, -0.15) is 0 Å². The van der Waals surface area contributed by atoms with E-state index in [-0.39, 0.29) is 22.7 Å². The number of aromatic nitrogens is 1. The van der Waals surface area contributed by atoms with Crippen LogP contribution in [-0.2, 0) is 6.54 Å². The molecule has 0 saturated heterocycles. The van der Waals surface area contributed by atoms with Gasteiger partial charge in [0.25, 0.3) is 11.5 Å². The Labute approximate surface area is 159 Å². The van der Waals surface area contributed by atoms with Crippen molar-refractivity contribution in [3.05, 3.63) is 74.6 Å². The van der Waals surface area contributed by atoms with Crippen LogP contribution in [0.2, 0.25) is 10.0 Å². The minimum Gasteiger partial charge on any atom is -0.392 e. The second-order valence-corrected chi connectivity index (χ2v) is 6.81. The number of carbonyl (C=O) groups excluding carboxylic acids is 1. The maximum atomic E-state index is 12.6. The molecular formula is C19H16Cl2N2O3. The molecule has 0 fully saturated rings. The molecule has 1 heterocycles. The van der Waals surface area contributed by atoms with Crippen LogP contribution in [0.25, 0.3) is 10.8 Å². The number of anilines is 1. The number of aliphatic hydroxyl groups excluding tert-OH is 1. The van der Waals surface area contributed by atoms with Crippen molar-refractivity contribution in [1.29, 1.82) is 0 Å². The van der Waals surface area contributed by atoms with Crippen LogP contribution >= 0.6 is 23.2 Å². The van der Waals surface area contributed by atoms with Crippen molar-refractivity contribution in [3.63, 3.8) is 0 Å². The van der Waals surface area contributed by atoms with Crippen LogP contribution in [-0.4, -0.2) is 21.7 Å². The fourth-order valence-corrected chi connectivity index (χ4v) is 3.09. The second-order valence-electron chi connectivity index (χ2n) is 5.97. The summed E-state index contributed by atoms with van der Waals surface area (Å²) in [5.41, 5.74) is 0.503. The molecule has 5 nitrogen and oxygen atoms in total. The van der Waals surface area contributed by atoms with Gasteiger partial charge in [-0.25, -0.2) is 0 Å². The van der Waals surface area contributed by atoms with Gasteiger partial charge in [0.1, 0.15) is 0 Å². The first-order chi connectivity index (χ1) is 12.4. The van der Waals surface area contributed by atoms with Crippen LogP contribution < -0.4 is 10.9 Å². The molecule has 2 N–H and O–H groups in total. The predicted molar refractivity (Wildman–Crippen MR) is 104 cm³/mol. The number of pyridine rings is 1. The van der Waals surface area contributed by atoms with Crippen LogP contribution in [0.1, 0.15) is 17.3 Å². The zero-order valence-corrected chi connectivity index (χ0v) is 15.4. The van der Waals surface area contributed by atoms with Gasteiger partial charge in [-0.05, 0) is 43.3 Å². The van der Waals surface area contributed by atoms with Crippen LogP contribution in [0.4, 0.5) is 5.69 Å². The van der Waals surface area contributed by atoms with E-state index in [1.165, 1.54) is 10.6 Å². The Hall–Kier alpha value is -2.34. The van der Waals surface area contributed by atoms with Crippen molar-refractivity contribution in [2.45, 2.75) is 19.6 Å². The minimum atomic E-state index is -0.641. The molecule has 0 saturated carbocycles. The molecule has 0 aliphatic heterocycles. The summed E-state index contributed by atoms with van der Waals surface area (Å²) in [7, 11) is 0. The van der Waals surface area contributed by atoms with Gasteiger partial charge in [-0.15, -0.1) is 0 Å². The summed E-state index contributed by atoms with van der Waals surface area (Å²) in [6.45, 7) is 1.81. The number of nitrogens with zero attached hydrogens (tertiary/aromatic N) is 1. The van der Waals surface area contributed by atoms with Crippen LogP contribution in [0.3, 0.4) is 0 Å². The van der Waals surface area contributed by atoms with Gasteiger partial charge in [0.2, 0.25) is 0 Å². The largest absolute Gasteiger partial charge is 0.392 e. The average molecular weight is 391 g/mol. The summed E-state index contributed by atoms with van der Waals surface area (Å²) in [5.74, 6) is -0.418. The number of halogens is 2. The molecule has 0 bridgehead atoms. The Morgan fingerprint density at radius 2 is 1.96 bits per heavy atom. The number of aliphatic hydroxyl groups is 1. The average Bonchev–Trinajstić information content (AvgIpc) is 2.59. The van der Waals surface area contributed by atoms with E-state index in [9.17, 15) is 14.7 Å². The van der Waals surface area contributed by atoms with Crippen LogP contribution in [0, 0.1) is 0 Å². The summed E-state index contributed by atoms with van der Waals surface area (Å²) in [4.78, 5) is 25.1. The van der Waals surface area contributed by atoms with E-state index in [4.69, 9.17) is 23.2 Å². The highest BCUT2D eigenvalue weighted by Crippen LogP contribution is 2.25. The number of carbonyl (C=O) groups is 1. The Kier molecular flexibility index (Phi) is 5.32. The number of rotatable bonds is 4. The topological polar surface area (TPSA) is 71.3 Å². The smallest absolute Gasteiger partial charge is 0.258 e. The van der Waals surface area contributed by atoms with E-state index in [0.29, 0.717) is 21.5 Å². The van der Waals surface area contributed by atoms with Crippen molar-refractivity contribution in [2.75, 3.05) is 5.32 Å². The van der Waals surface area contributed by atoms with E-state index >= 15 is 0 Å². The summed E-state index contributed by atoms with van der Waals surface area (Å²) >= 11 is 12.0. The Bertz CT molecular complexity index is 1040. The van der Waals surface area contributed by atoms with Crippen molar-refractivity contribution in [3.8, 4) is 0 Å². The number of nitrogens with one attached hydrogen (secondary N) is 1. The van der Waals surface area contributed by atoms with Crippen molar-refractivity contribution >= 4 is 45.6 Å². The molecule has 0 spiro atoms. The van der Waals surface area contributed by atoms with Gasteiger partial charge in [-0.3, -0.25) is 9.59 Å². The van der Waals surface area contributed by atoms with Crippen molar-refractivity contribution < 1.29 is 9.90 Å². The fraction of sp³-hybridized carbons (Fsp3) is 0.158. The maximum absolute atomic E-state index is 12.6. The lowest BCUT2D eigenvalue weighted by Crippen LogP contribution is -2.25. The van der Waals surface area contributed by atoms with Gasteiger partial charge in [-0.1, -0.05) is 29.3 Å². The second kappa shape index (κ2) is 7.50. The lowest BCUT2D eigenvalue weighted by molar-refractivity contribution is 0.102. The summed E-state index contributed by atoms with van der Waals surface area (Å²) in [5, 5.41) is 14.0. The molecule has 0 aliphatic carbocycles. The molecule has 0 aliphatic rings. The number of amides is 1. The first-order valence-electron chi connectivity index (χ1n) is 7.93. The van der Waals surface area contributed by atoms with Gasteiger partial charge in [0, 0.05) is 27.7 Å². The lowest BCUT2D eigenvalue weighted by Gasteiger charge is -2.12. The maximum Gasteiger partial charge on any atom is 0.258 e. The molecule has 2 aromatic carbocycles. The van der Waals surface area contributed by atoms with E-state index in [1.807, 2.05) is 0 Å². The minimum absolute atomic E-state index is 0.198. The molecule has 1 aromatic heterocycles. The third kappa shape index (κ3) is 3.75. The molecule has 26 heavy (non-hydrogen) atoms. The molecular weight excluding hydrogens is 375 g/mol. The molecule has 3 aromatic rings. The predicted octanol–water partition coefficient (Wildman–Crippen LogP) is 3.94.